The summed E-state index contributed by atoms with van der Waals surface area (Å²) in [4.78, 5) is 102. The van der Waals surface area contributed by atoms with Gasteiger partial charge in [-0.05, 0) is 106 Å². The molecule has 0 spiro atoms. The van der Waals surface area contributed by atoms with Crippen molar-refractivity contribution in [3.8, 4) is 5.88 Å². The van der Waals surface area contributed by atoms with Gasteiger partial charge in [0.15, 0.2) is 11.5 Å². The van der Waals surface area contributed by atoms with Crippen molar-refractivity contribution in [2.75, 3.05) is 30.0 Å². The van der Waals surface area contributed by atoms with Gasteiger partial charge in [-0.3, -0.25) is 9.36 Å². The SMILES string of the molecule is CC(CCCC[C@H](NCCn1c(=O)nc(N(C(=O)OC(C)(C)C)C(=O)OC(C)(C)C)c2c(OCc3ccccc3)nc(N(C)C(=O)OC(C)(C)C)nc21)C(=O)OCC[Si](C)(C)C)=NC(=O)OCc1ccccc1. The lowest BCUT2D eigenvalue weighted by atomic mass is 10.1. The monoisotopic (exact) mass is 1030 g/mol. The maximum Gasteiger partial charge on any atom is 0.433 e. The highest BCUT2D eigenvalue weighted by Gasteiger charge is 2.38. The number of fused-ring (bicyclic) bond motifs is 1. The normalized spacial score (nSPS) is 12.7. The summed E-state index contributed by atoms with van der Waals surface area (Å²) < 4.78 is 35.6. The van der Waals surface area contributed by atoms with Gasteiger partial charge >= 0.3 is 36.0 Å². The molecule has 0 saturated carbocycles. The molecule has 0 aliphatic carbocycles. The number of rotatable bonds is 20. The van der Waals surface area contributed by atoms with E-state index in [1.807, 2.05) is 36.4 Å². The molecule has 4 amide bonds. The maximum atomic E-state index is 14.5. The van der Waals surface area contributed by atoms with E-state index in [9.17, 15) is 28.8 Å². The topological polar surface area (TPSA) is 232 Å². The predicted molar refractivity (Wildman–Crippen MR) is 281 cm³/mol. The van der Waals surface area contributed by atoms with Crippen LogP contribution >= 0.6 is 0 Å². The Hall–Kier alpha value is -6.74. The molecule has 2 aromatic carbocycles. The molecular formula is C52H74N8O12Si. The fourth-order valence-corrected chi connectivity index (χ4v) is 7.34. The number of nitrogens with zero attached hydrogens (tertiary/aromatic N) is 7. The van der Waals surface area contributed by atoms with E-state index in [1.165, 1.54) is 7.05 Å². The molecule has 20 nitrogen and oxygen atoms in total. The Kier molecular flexibility index (Phi) is 20.8. The van der Waals surface area contributed by atoms with Gasteiger partial charge in [-0.15, -0.1) is 0 Å². The van der Waals surface area contributed by atoms with E-state index in [2.05, 4.69) is 39.9 Å². The summed E-state index contributed by atoms with van der Waals surface area (Å²) in [6.07, 6.45) is -2.06. The number of nitrogens with one attached hydrogen (secondary N) is 1. The molecule has 0 unspecified atom stereocenters. The molecule has 21 heteroatoms. The quantitative estimate of drug-likeness (QED) is 0.0285. The first-order chi connectivity index (χ1) is 34.0. The molecule has 73 heavy (non-hydrogen) atoms. The minimum atomic E-state index is -1.57. The smallest absolute Gasteiger partial charge is 0.433 e. The summed E-state index contributed by atoms with van der Waals surface area (Å²) in [5.41, 5.74) is -2.25. The summed E-state index contributed by atoms with van der Waals surface area (Å²) in [6.45, 7) is 23.0. The number of carbonyl (C=O) groups is 5. The van der Waals surface area contributed by atoms with Gasteiger partial charge in [0.1, 0.15) is 41.4 Å². The van der Waals surface area contributed by atoms with E-state index in [0.717, 1.165) is 21.1 Å². The molecule has 0 fully saturated rings. The molecule has 2 heterocycles. The number of ether oxygens (including phenoxy) is 6. The Morgan fingerprint density at radius 1 is 0.740 bits per heavy atom. The van der Waals surface area contributed by atoms with Crippen LogP contribution in [0.2, 0.25) is 25.7 Å². The summed E-state index contributed by atoms with van der Waals surface area (Å²) >= 11 is 0. The zero-order valence-corrected chi connectivity index (χ0v) is 46.0. The van der Waals surface area contributed by atoms with Crippen LogP contribution in [0.5, 0.6) is 5.88 Å². The van der Waals surface area contributed by atoms with Crippen LogP contribution in [0.15, 0.2) is 70.5 Å². The van der Waals surface area contributed by atoms with Gasteiger partial charge in [-0.25, -0.2) is 28.9 Å². The second-order valence-electron chi connectivity index (χ2n) is 21.6. The van der Waals surface area contributed by atoms with Crippen LogP contribution in [0, 0.1) is 0 Å². The number of hydrogen-bond acceptors (Lipinski definition) is 16. The maximum absolute atomic E-state index is 14.5. The number of hydrogen-bond donors (Lipinski definition) is 1. The molecule has 1 atom stereocenters. The highest BCUT2D eigenvalue weighted by atomic mass is 28.3. The van der Waals surface area contributed by atoms with E-state index in [-0.39, 0.29) is 55.8 Å². The number of imide groups is 1. The number of unbranched alkanes of at least 4 members (excludes halogenated alkanes) is 1. The highest BCUT2D eigenvalue weighted by Crippen LogP contribution is 2.34. The van der Waals surface area contributed by atoms with E-state index in [0.29, 0.717) is 41.9 Å². The van der Waals surface area contributed by atoms with Gasteiger partial charge in [0.2, 0.25) is 11.8 Å². The number of aliphatic imine (C=N–C) groups is 1. The molecular weight excluding hydrogens is 957 g/mol. The van der Waals surface area contributed by atoms with Gasteiger partial charge < -0.3 is 33.7 Å². The summed E-state index contributed by atoms with van der Waals surface area (Å²) in [6, 6.07) is 18.3. The van der Waals surface area contributed by atoms with Crippen molar-refractivity contribution >= 4 is 66.9 Å². The molecule has 0 aliphatic heterocycles. The average Bonchev–Trinajstić information content (AvgIpc) is 3.27. The third-order valence-corrected chi connectivity index (χ3v) is 11.9. The van der Waals surface area contributed by atoms with Crippen molar-refractivity contribution in [1.29, 1.82) is 0 Å². The number of anilines is 2. The van der Waals surface area contributed by atoms with Crippen LogP contribution in [0.4, 0.5) is 30.9 Å². The van der Waals surface area contributed by atoms with Gasteiger partial charge in [0.05, 0.1) is 6.61 Å². The molecule has 4 rings (SSSR count). The minimum Gasteiger partial charge on any atom is -0.472 e. The number of amides is 4. The average molecular weight is 1030 g/mol. The standard InChI is InChI=1S/C52H74N8O12Si/c1-35(54-46(63)69-34-37-26-19-16-20-27-37)23-21-22-28-38(43(61)67-31-32-73(12,13)14)53-29-30-59-40-39(41(56-45(59)62)60(48(65)71-51(5,6)7)49(66)72-52(8,9)10)42(68-33-36-24-17-15-18-25-36)57-44(55-40)58(11)47(64)70-50(2,3)4/h15-20,24-27,38,53H,21-23,28-34H2,1-14H3/t38-/m0/s1. The Labute approximate surface area is 429 Å². The first kappa shape index (κ1) is 58.8. The molecule has 0 aliphatic rings. The lowest BCUT2D eigenvalue weighted by Crippen LogP contribution is -2.45. The van der Waals surface area contributed by atoms with Crippen molar-refractivity contribution in [1.82, 2.24) is 24.8 Å². The van der Waals surface area contributed by atoms with Crippen LogP contribution in [0.25, 0.3) is 11.0 Å². The molecule has 0 saturated heterocycles. The first-order valence-corrected chi connectivity index (χ1v) is 28.1. The van der Waals surface area contributed by atoms with Crippen LogP contribution in [0.3, 0.4) is 0 Å². The second kappa shape index (κ2) is 25.8. The highest BCUT2D eigenvalue weighted by molar-refractivity contribution is 6.76. The van der Waals surface area contributed by atoms with Crippen LogP contribution in [-0.2, 0) is 48.2 Å². The minimum absolute atomic E-state index is 0.0269. The molecule has 1 N–H and O–H groups in total. The predicted octanol–water partition coefficient (Wildman–Crippen LogP) is 10.0. The van der Waals surface area contributed by atoms with Crippen molar-refractivity contribution < 1.29 is 52.4 Å². The summed E-state index contributed by atoms with van der Waals surface area (Å²) in [7, 11) is -0.192. The Bertz CT molecular complexity index is 2590. The van der Waals surface area contributed by atoms with Crippen molar-refractivity contribution in [3.63, 3.8) is 0 Å². The number of carbonyl (C=O) groups excluding carboxylic acids is 5. The van der Waals surface area contributed by atoms with E-state index >= 15 is 0 Å². The van der Waals surface area contributed by atoms with Crippen LogP contribution < -0.4 is 25.5 Å². The number of esters is 1. The molecule has 398 valence electrons. The van der Waals surface area contributed by atoms with E-state index in [4.69, 9.17) is 33.4 Å². The third-order valence-electron chi connectivity index (χ3n) is 10.2. The number of benzene rings is 2. The van der Waals surface area contributed by atoms with Crippen molar-refractivity contribution in [2.45, 2.75) is 163 Å². The Morgan fingerprint density at radius 2 is 1.29 bits per heavy atom. The fourth-order valence-electron chi connectivity index (χ4n) is 6.63. The molecule has 4 aromatic rings. The summed E-state index contributed by atoms with van der Waals surface area (Å²) in [5, 5.41) is 3.07. The largest absolute Gasteiger partial charge is 0.472 e. The van der Waals surface area contributed by atoms with Crippen LogP contribution in [-0.4, -0.2) is 107 Å². The van der Waals surface area contributed by atoms with Crippen molar-refractivity contribution in [2.24, 2.45) is 4.99 Å². The lowest BCUT2D eigenvalue weighted by molar-refractivity contribution is -0.145. The van der Waals surface area contributed by atoms with Gasteiger partial charge in [-0.1, -0.05) is 86.7 Å². The lowest BCUT2D eigenvalue weighted by Gasteiger charge is -2.29. The zero-order valence-electron chi connectivity index (χ0n) is 45.0. The number of aromatic nitrogens is 4. The van der Waals surface area contributed by atoms with Gasteiger partial charge in [0.25, 0.3) is 0 Å². The first-order valence-electron chi connectivity index (χ1n) is 24.4. The third kappa shape index (κ3) is 20.0. The zero-order chi connectivity index (χ0) is 54.3. The Morgan fingerprint density at radius 3 is 1.84 bits per heavy atom. The van der Waals surface area contributed by atoms with Crippen LogP contribution in [0.1, 0.15) is 106 Å². The van der Waals surface area contributed by atoms with Crippen molar-refractivity contribution in [3.05, 3.63) is 82.3 Å². The summed E-state index contributed by atoms with van der Waals surface area (Å²) in [5.74, 6) is -1.58. The molecule has 0 bridgehead atoms. The van der Waals surface area contributed by atoms with E-state index in [1.54, 1.807) is 93.5 Å². The second-order valence-corrected chi connectivity index (χ2v) is 27.2. The Balaban J connectivity index is 1.79. The molecule has 2 aromatic heterocycles. The van der Waals surface area contributed by atoms with E-state index < -0.39 is 72.8 Å². The van der Waals surface area contributed by atoms with Gasteiger partial charge in [-0.2, -0.15) is 24.8 Å². The fraction of sp³-hybridized carbons (Fsp3) is 0.538. The van der Waals surface area contributed by atoms with Gasteiger partial charge in [0, 0.05) is 33.9 Å². The molecule has 0 radical (unpaired) electrons.